The predicted octanol–water partition coefficient (Wildman–Crippen LogP) is 0.788. The van der Waals surface area contributed by atoms with E-state index in [0.29, 0.717) is 0 Å². The van der Waals surface area contributed by atoms with Crippen molar-refractivity contribution >= 4 is 5.91 Å². The fraction of sp³-hybridized carbons (Fsp3) is 0.364. The third-order valence-electron chi connectivity index (χ3n) is 2.16. The molecule has 1 rings (SSSR count). The largest absolute Gasteiger partial charge is 0.416 e. The Labute approximate surface area is 101 Å². The van der Waals surface area contributed by atoms with Gasteiger partial charge in [-0.25, -0.2) is 0 Å². The summed E-state index contributed by atoms with van der Waals surface area (Å²) in [5, 5.41) is 19.7. The van der Waals surface area contributed by atoms with Crippen LogP contribution in [0.3, 0.4) is 0 Å². The molecular weight excluding hydrogens is 251 g/mol. The van der Waals surface area contributed by atoms with Gasteiger partial charge in [-0.1, -0.05) is 6.07 Å². The highest BCUT2D eigenvalue weighted by Crippen LogP contribution is 2.29. The summed E-state index contributed by atoms with van der Waals surface area (Å²) < 4.78 is 37.2. The molecule has 0 spiro atoms. The van der Waals surface area contributed by atoms with Crippen molar-refractivity contribution < 1.29 is 28.2 Å². The van der Waals surface area contributed by atoms with Gasteiger partial charge in [-0.15, -0.1) is 0 Å². The molecule has 0 saturated heterocycles. The van der Waals surface area contributed by atoms with Gasteiger partial charge in [0.15, 0.2) is 0 Å². The highest BCUT2D eigenvalue weighted by Gasteiger charge is 2.30. The Morgan fingerprint density at radius 3 is 2.61 bits per heavy atom. The third kappa shape index (κ3) is 4.01. The van der Waals surface area contributed by atoms with Crippen LogP contribution in [0, 0.1) is 0 Å². The number of hydrogen-bond donors (Lipinski definition) is 3. The number of halogens is 3. The normalized spacial score (nSPS) is 13.2. The molecule has 1 unspecified atom stereocenters. The van der Waals surface area contributed by atoms with Gasteiger partial charge in [0, 0.05) is 12.1 Å². The van der Waals surface area contributed by atoms with E-state index in [9.17, 15) is 18.0 Å². The second-order valence-electron chi connectivity index (χ2n) is 3.62. The molecule has 0 fully saturated rings. The molecule has 1 amide bonds. The van der Waals surface area contributed by atoms with E-state index < -0.39 is 30.4 Å². The van der Waals surface area contributed by atoms with Gasteiger partial charge >= 0.3 is 6.18 Å². The first-order chi connectivity index (χ1) is 8.34. The van der Waals surface area contributed by atoms with Crippen molar-refractivity contribution in [2.75, 3.05) is 13.2 Å². The molecule has 4 nitrogen and oxygen atoms in total. The quantitative estimate of drug-likeness (QED) is 0.752. The van der Waals surface area contributed by atoms with E-state index >= 15 is 0 Å². The highest BCUT2D eigenvalue weighted by molar-refractivity contribution is 5.94. The average Bonchev–Trinajstić information content (AvgIpc) is 2.34. The van der Waals surface area contributed by atoms with Crippen molar-refractivity contribution in [1.82, 2.24) is 5.32 Å². The number of hydrogen-bond acceptors (Lipinski definition) is 3. The molecule has 7 heteroatoms. The first-order valence-corrected chi connectivity index (χ1v) is 5.09. The molecule has 0 radical (unpaired) electrons. The van der Waals surface area contributed by atoms with Crippen LogP contribution in [0.2, 0.25) is 0 Å². The Balaban J connectivity index is 2.75. The molecule has 100 valence electrons. The van der Waals surface area contributed by atoms with Crippen molar-refractivity contribution in [3.63, 3.8) is 0 Å². The maximum Gasteiger partial charge on any atom is 0.416 e. The summed E-state index contributed by atoms with van der Waals surface area (Å²) in [6, 6.07) is 3.94. The Morgan fingerprint density at radius 2 is 2.06 bits per heavy atom. The lowest BCUT2D eigenvalue weighted by Crippen LogP contribution is -2.33. The topological polar surface area (TPSA) is 69.6 Å². The molecule has 0 aliphatic rings. The molecule has 1 aromatic carbocycles. The number of amides is 1. The molecular formula is C11H12F3NO3. The number of benzene rings is 1. The number of rotatable bonds is 4. The predicted molar refractivity (Wildman–Crippen MR) is 56.9 cm³/mol. The van der Waals surface area contributed by atoms with Crippen LogP contribution in [-0.4, -0.2) is 35.4 Å². The second-order valence-corrected chi connectivity index (χ2v) is 3.62. The van der Waals surface area contributed by atoms with E-state index in [-0.39, 0.29) is 12.1 Å². The maximum atomic E-state index is 12.4. The van der Waals surface area contributed by atoms with E-state index in [1.807, 2.05) is 0 Å². The molecule has 0 saturated carbocycles. The van der Waals surface area contributed by atoms with E-state index in [1.165, 1.54) is 6.07 Å². The summed E-state index contributed by atoms with van der Waals surface area (Å²) in [4.78, 5) is 11.5. The lowest BCUT2D eigenvalue weighted by molar-refractivity contribution is -0.137. The number of nitrogens with one attached hydrogen (secondary N) is 1. The molecule has 0 aromatic heterocycles. The smallest absolute Gasteiger partial charge is 0.394 e. The van der Waals surface area contributed by atoms with Gasteiger partial charge < -0.3 is 15.5 Å². The molecule has 1 atom stereocenters. The maximum absolute atomic E-state index is 12.4. The van der Waals surface area contributed by atoms with Gasteiger partial charge in [-0.3, -0.25) is 4.79 Å². The fourth-order valence-electron chi connectivity index (χ4n) is 1.21. The van der Waals surface area contributed by atoms with Crippen LogP contribution >= 0.6 is 0 Å². The molecule has 0 bridgehead atoms. The van der Waals surface area contributed by atoms with Crippen LogP contribution in [0.1, 0.15) is 15.9 Å². The lowest BCUT2D eigenvalue weighted by atomic mass is 10.1. The van der Waals surface area contributed by atoms with Crippen molar-refractivity contribution in [1.29, 1.82) is 0 Å². The van der Waals surface area contributed by atoms with Crippen molar-refractivity contribution in [2.45, 2.75) is 12.3 Å². The van der Waals surface area contributed by atoms with Crippen molar-refractivity contribution in [3.8, 4) is 0 Å². The minimum absolute atomic E-state index is 0.157. The van der Waals surface area contributed by atoms with Gasteiger partial charge in [0.2, 0.25) is 0 Å². The number of aliphatic hydroxyl groups excluding tert-OH is 2. The summed E-state index contributed by atoms with van der Waals surface area (Å²) >= 11 is 0. The van der Waals surface area contributed by atoms with Gasteiger partial charge in [0.25, 0.3) is 5.91 Å². The highest BCUT2D eigenvalue weighted by atomic mass is 19.4. The fourth-order valence-corrected chi connectivity index (χ4v) is 1.21. The Morgan fingerprint density at radius 1 is 1.39 bits per heavy atom. The zero-order valence-corrected chi connectivity index (χ0v) is 9.24. The van der Waals surface area contributed by atoms with E-state index in [4.69, 9.17) is 10.2 Å². The van der Waals surface area contributed by atoms with Crippen LogP contribution in [0.4, 0.5) is 13.2 Å². The van der Waals surface area contributed by atoms with E-state index in [0.717, 1.165) is 18.2 Å². The van der Waals surface area contributed by atoms with Crippen LogP contribution in [0.5, 0.6) is 0 Å². The summed E-state index contributed by atoms with van der Waals surface area (Å²) in [5.74, 6) is -0.742. The van der Waals surface area contributed by atoms with Crippen LogP contribution in [0.15, 0.2) is 24.3 Å². The standard InChI is InChI=1S/C11H12F3NO3/c12-11(13,14)8-3-1-2-7(4-8)10(18)15-5-9(17)6-16/h1-4,9,16-17H,5-6H2,(H,15,18). The first-order valence-electron chi connectivity index (χ1n) is 5.09. The molecule has 0 aliphatic heterocycles. The summed E-state index contributed by atoms with van der Waals surface area (Å²) in [6.07, 6.45) is -5.65. The average molecular weight is 263 g/mol. The van der Waals surface area contributed by atoms with Crippen LogP contribution in [0.25, 0.3) is 0 Å². The number of carbonyl (C=O) groups is 1. The second kappa shape index (κ2) is 5.83. The summed E-state index contributed by atoms with van der Waals surface area (Å²) in [6.45, 7) is -0.769. The number of carbonyl (C=O) groups excluding carboxylic acids is 1. The zero-order chi connectivity index (χ0) is 13.8. The van der Waals surface area contributed by atoms with Crippen molar-refractivity contribution in [2.24, 2.45) is 0 Å². The molecule has 3 N–H and O–H groups in total. The minimum Gasteiger partial charge on any atom is -0.394 e. The van der Waals surface area contributed by atoms with Crippen LogP contribution in [-0.2, 0) is 6.18 Å². The molecule has 0 aliphatic carbocycles. The Hall–Kier alpha value is -1.60. The van der Waals surface area contributed by atoms with Crippen molar-refractivity contribution in [3.05, 3.63) is 35.4 Å². The molecule has 18 heavy (non-hydrogen) atoms. The number of aliphatic hydroxyl groups is 2. The molecule has 1 aromatic rings. The van der Waals surface area contributed by atoms with E-state index in [1.54, 1.807) is 0 Å². The minimum atomic E-state index is -4.51. The monoisotopic (exact) mass is 263 g/mol. The molecule has 0 heterocycles. The van der Waals surface area contributed by atoms with Gasteiger partial charge in [0.1, 0.15) is 0 Å². The Kier molecular flexibility index (Phi) is 4.69. The third-order valence-corrected chi connectivity index (χ3v) is 2.16. The van der Waals surface area contributed by atoms with Gasteiger partial charge in [-0.2, -0.15) is 13.2 Å². The SMILES string of the molecule is O=C(NCC(O)CO)c1cccc(C(F)(F)F)c1. The van der Waals surface area contributed by atoms with Gasteiger partial charge in [0.05, 0.1) is 18.3 Å². The van der Waals surface area contributed by atoms with E-state index in [2.05, 4.69) is 5.32 Å². The Bertz CT molecular complexity index is 420. The zero-order valence-electron chi connectivity index (χ0n) is 9.24. The first kappa shape index (κ1) is 14.5. The summed E-state index contributed by atoms with van der Waals surface area (Å²) in [5.41, 5.74) is -1.08. The summed E-state index contributed by atoms with van der Waals surface area (Å²) in [7, 11) is 0. The van der Waals surface area contributed by atoms with Crippen LogP contribution < -0.4 is 5.32 Å². The van der Waals surface area contributed by atoms with Gasteiger partial charge in [-0.05, 0) is 18.2 Å². The number of alkyl halides is 3. The lowest BCUT2D eigenvalue weighted by Gasteiger charge is -2.11.